The highest BCUT2D eigenvalue weighted by molar-refractivity contribution is 6.34. The van der Waals surface area contributed by atoms with Crippen LogP contribution in [0.3, 0.4) is 0 Å². The summed E-state index contributed by atoms with van der Waals surface area (Å²) in [6.45, 7) is 5.13. The number of aliphatic hydroxyl groups is 1. The third-order valence-electron chi connectivity index (χ3n) is 5.87. The van der Waals surface area contributed by atoms with E-state index < -0.39 is 11.6 Å². The second kappa shape index (κ2) is 9.25. The normalized spacial score (nSPS) is 12.6. The quantitative estimate of drug-likeness (QED) is 0.273. The van der Waals surface area contributed by atoms with Crippen molar-refractivity contribution in [2.45, 2.75) is 32.4 Å². The molecule has 0 aliphatic heterocycles. The number of hydrogen-bond acceptors (Lipinski definition) is 7. The van der Waals surface area contributed by atoms with Gasteiger partial charge in [-0.05, 0) is 56.7 Å². The van der Waals surface area contributed by atoms with Crippen molar-refractivity contribution >= 4 is 28.2 Å². The molecule has 0 amide bonds. The SMILES string of the molecule is C[C@@H](Nc1c(Cl)cnc2ccc(-c3cnc(C(C)(C)O)nc3)cc12)c1cc(-c2ncn[nH]2)ccc1F. The van der Waals surface area contributed by atoms with E-state index in [1.54, 1.807) is 44.6 Å². The maximum Gasteiger partial charge on any atom is 0.159 e. The summed E-state index contributed by atoms with van der Waals surface area (Å²) < 4.78 is 14.8. The van der Waals surface area contributed by atoms with Gasteiger partial charge in [0.1, 0.15) is 17.7 Å². The van der Waals surface area contributed by atoms with Gasteiger partial charge in [-0.15, -0.1) is 0 Å². The van der Waals surface area contributed by atoms with Gasteiger partial charge in [-0.25, -0.2) is 19.3 Å². The molecule has 0 radical (unpaired) electrons. The molecule has 10 heteroatoms. The Labute approximate surface area is 211 Å². The Hall–Kier alpha value is -3.95. The third kappa shape index (κ3) is 4.62. The highest BCUT2D eigenvalue weighted by atomic mass is 35.5. The fourth-order valence-electron chi connectivity index (χ4n) is 3.95. The van der Waals surface area contributed by atoms with Crippen molar-refractivity contribution < 1.29 is 9.50 Å². The number of anilines is 1. The Balaban J connectivity index is 1.52. The smallest absolute Gasteiger partial charge is 0.159 e. The van der Waals surface area contributed by atoms with Crippen molar-refractivity contribution in [3.8, 4) is 22.5 Å². The van der Waals surface area contributed by atoms with Gasteiger partial charge in [-0.2, -0.15) is 5.10 Å². The number of pyridine rings is 1. The van der Waals surface area contributed by atoms with Gasteiger partial charge < -0.3 is 10.4 Å². The Bertz CT molecular complexity index is 1530. The van der Waals surface area contributed by atoms with Gasteiger partial charge in [0.05, 0.1) is 22.3 Å². The van der Waals surface area contributed by atoms with Crippen molar-refractivity contribution in [3.63, 3.8) is 0 Å². The first kappa shape index (κ1) is 23.8. The van der Waals surface area contributed by atoms with E-state index in [4.69, 9.17) is 11.6 Å². The topological polar surface area (TPSA) is 112 Å². The van der Waals surface area contributed by atoms with Crippen LogP contribution in [0.4, 0.5) is 10.1 Å². The first-order valence-corrected chi connectivity index (χ1v) is 11.6. The number of rotatable bonds is 6. The Morgan fingerprint density at radius 3 is 2.42 bits per heavy atom. The first-order chi connectivity index (χ1) is 17.2. The molecule has 0 aliphatic rings. The van der Waals surface area contributed by atoms with E-state index in [0.29, 0.717) is 27.9 Å². The monoisotopic (exact) mass is 503 g/mol. The molecule has 1 atom stereocenters. The van der Waals surface area contributed by atoms with Gasteiger partial charge >= 0.3 is 0 Å². The fraction of sp³-hybridized carbons (Fsp3) is 0.192. The van der Waals surface area contributed by atoms with Crippen LogP contribution >= 0.6 is 11.6 Å². The van der Waals surface area contributed by atoms with Gasteiger partial charge in [0.2, 0.25) is 0 Å². The van der Waals surface area contributed by atoms with Gasteiger partial charge in [0, 0.05) is 40.7 Å². The van der Waals surface area contributed by atoms with E-state index >= 15 is 0 Å². The van der Waals surface area contributed by atoms with E-state index in [1.807, 2.05) is 25.1 Å². The van der Waals surface area contributed by atoms with Crippen molar-refractivity contribution in [1.29, 1.82) is 0 Å². The Morgan fingerprint density at radius 2 is 1.72 bits per heavy atom. The van der Waals surface area contributed by atoms with E-state index in [9.17, 15) is 9.50 Å². The van der Waals surface area contributed by atoms with E-state index in [2.05, 4.69) is 35.5 Å². The first-order valence-electron chi connectivity index (χ1n) is 11.3. The van der Waals surface area contributed by atoms with E-state index in [-0.39, 0.29) is 5.82 Å². The zero-order valence-electron chi connectivity index (χ0n) is 19.8. The third-order valence-corrected chi connectivity index (χ3v) is 6.15. The van der Waals surface area contributed by atoms with Crippen molar-refractivity contribution in [3.05, 3.63) is 83.5 Å². The molecule has 0 aliphatic carbocycles. The predicted octanol–water partition coefficient (Wildman–Crippen LogP) is 5.67. The summed E-state index contributed by atoms with van der Waals surface area (Å²) in [5, 5.41) is 21.3. The van der Waals surface area contributed by atoms with E-state index in [1.165, 1.54) is 12.4 Å². The average molecular weight is 504 g/mol. The molecule has 0 saturated heterocycles. The summed E-state index contributed by atoms with van der Waals surface area (Å²) in [6, 6.07) is 10.1. The average Bonchev–Trinajstić information content (AvgIpc) is 3.40. The van der Waals surface area contributed by atoms with Gasteiger partial charge in [-0.1, -0.05) is 17.7 Å². The number of H-pyrrole nitrogens is 1. The molecule has 3 heterocycles. The largest absolute Gasteiger partial charge is 0.382 e. The van der Waals surface area contributed by atoms with Gasteiger partial charge in [0.25, 0.3) is 0 Å². The lowest BCUT2D eigenvalue weighted by atomic mass is 10.0. The minimum absolute atomic E-state index is 0.336. The summed E-state index contributed by atoms with van der Waals surface area (Å²) in [7, 11) is 0. The van der Waals surface area contributed by atoms with Gasteiger partial charge in [0.15, 0.2) is 11.6 Å². The summed E-state index contributed by atoms with van der Waals surface area (Å²) in [5.74, 6) is 0.540. The molecule has 3 N–H and O–H groups in total. The second-order valence-electron chi connectivity index (χ2n) is 9.00. The number of fused-ring (bicyclic) bond motifs is 1. The number of benzene rings is 2. The molecule has 0 bridgehead atoms. The molecular formula is C26H23ClFN7O. The highest BCUT2D eigenvalue weighted by Gasteiger charge is 2.20. The molecule has 0 fully saturated rings. The Kier molecular flexibility index (Phi) is 6.11. The van der Waals surface area contributed by atoms with Crippen LogP contribution in [-0.2, 0) is 5.60 Å². The number of nitrogens with zero attached hydrogens (tertiary/aromatic N) is 5. The minimum atomic E-state index is -1.13. The lowest BCUT2D eigenvalue weighted by Crippen LogP contribution is -2.19. The number of aromatic amines is 1. The van der Waals surface area contributed by atoms with E-state index in [0.717, 1.165) is 27.6 Å². The molecule has 5 rings (SSSR count). The molecule has 0 spiro atoms. The maximum absolute atomic E-state index is 14.8. The molecule has 182 valence electrons. The highest BCUT2D eigenvalue weighted by Crippen LogP contribution is 2.36. The predicted molar refractivity (Wildman–Crippen MR) is 137 cm³/mol. The maximum atomic E-state index is 14.8. The van der Waals surface area contributed by atoms with Crippen LogP contribution in [0.1, 0.15) is 38.2 Å². The number of nitrogens with one attached hydrogen (secondary N) is 2. The van der Waals surface area contributed by atoms with Crippen molar-refractivity contribution in [1.82, 2.24) is 30.1 Å². The van der Waals surface area contributed by atoms with Crippen LogP contribution in [0.25, 0.3) is 33.4 Å². The van der Waals surface area contributed by atoms with Crippen LogP contribution in [0.5, 0.6) is 0 Å². The number of halogens is 2. The summed E-state index contributed by atoms with van der Waals surface area (Å²) in [4.78, 5) is 17.2. The minimum Gasteiger partial charge on any atom is -0.382 e. The van der Waals surface area contributed by atoms with Crippen LogP contribution in [0.2, 0.25) is 5.02 Å². The lowest BCUT2D eigenvalue weighted by Gasteiger charge is -2.20. The van der Waals surface area contributed by atoms with Gasteiger partial charge in [-0.3, -0.25) is 10.1 Å². The number of hydrogen-bond donors (Lipinski definition) is 3. The summed E-state index contributed by atoms with van der Waals surface area (Å²) in [6.07, 6.45) is 6.31. The molecule has 2 aromatic carbocycles. The molecule has 5 aromatic rings. The summed E-state index contributed by atoms with van der Waals surface area (Å²) in [5.41, 5.74) is 3.03. The lowest BCUT2D eigenvalue weighted by molar-refractivity contribution is 0.0687. The molecule has 0 unspecified atom stereocenters. The van der Waals surface area contributed by atoms with Crippen LogP contribution in [-0.4, -0.2) is 35.2 Å². The summed E-state index contributed by atoms with van der Waals surface area (Å²) >= 11 is 6.56. The zero-order chi connectivity index (χ0) is 25.4. The van der Waals surface area contributed by atoms with Crippen LogP contribution in [0.15, 0.2) is 61.3 Å². The molecule has 3 aromatic heterocycles. The number of aromatic nitrogens is 6. The standard InChI is InChI=1S/C26H23ClFN7O/c1-14(18-9-16(4-6-21(18)28)24-32-13-33-35-24)34-23-19-8-15(5-7-22(19)29-12-20(23)27)17-10-30-25(31-11-17)26(2,3)36/h4-14,36H,1-3H3,(H,29,34)(H,32,33,35)/t14-/m1/s1. The molecule has 8 nitrogen and oxygen atoms in total. The Morgan fingerprint density at radius 1 is 0.972 bits per heavy atom. The zero-order valence-corrected chi connectivity index (χ0v) is 20.5. The second-order valence-corrected chi connectivity index (χ2v) is 9.41. The molecule has 36 heavy (non-hydrogen) atoms. The fourth-order valence-corrected chi connectivity index (χ4v) is 4.15. The molecular weight excluding hydrogens is 481 g/mol. The van der Waals surface area contributed by atoms with Crippen molar-refractivity contribution in [2.24, 2.45) is 0 Å². The van der Waals surface area contributed by atoms with Crippen LogP contribution < -0.4 is 5.32 Å². The van der Waals surface area contributed by atoms with Crippen molar-refractivity contribution in [2.75, 3.05) is 5.32 Å². The van der Waals surface area contributed by atoms with Crippen LogP contribution in [0, 0.1) is 5.82 Å². The molecule has 0 saturated carbocycles.